The van der Waals surface area contributed by atoms with Crippen LogP contribution in [-0.4, -0.2) is 29.0 Å². The number of hydrogen-bond donors (Lipinski definition) is 0. The van der Waals surface area contributed by atoms with Crippen LogP contribution in [0, 0.1) is 11.8 Å². The van der Waals surface area contributed by atoms with Gasteiger partial charge in [0.1, 0.15) is 0 Å². The number of rotatable bonds is 3. The Hall–Kier alpha value is -3.61. The molecule has 2 fully saturated rings. The average Bonchev–Trinajstić information content (AvgIpc) is 3.44. The monoisotopic (exact) mass is 485 g/mol. The topological polar surface area (TPSA) is 80.8 Å². The number of nitrogens with zero attached hydrogens (tertiary/aromatic N) is 1. The van der Waals surface area contributed by atoms with E-state index in [0.29, 0.717) is 16.3 Å². The zero-order valence-electron chi connectivity index (χ0n) is 18.7. The maximum Gasteiger partial charge on any atom is 0.241 e. The van der Waals surface area contributed by atoms with Gasteiger partial charge in [0.05, 0.1) is 23.6 Å². The largest absolute Gasteiger partial charge is 0.349 e. The molecule has 3 aliphatic rings. The lowest BCUT2D eigenvalue weighted by Crippen LogP contribution is -2.51. The maximum atomic E-state index is 13.9. The predicted octanol–water partition coefficient (Wildman–Crippen LogP) is 4.60. The van der Waals surface area contributed by atoms with Gasteiger partial charge in [0.15, 0.2) is 0 Å². The van der Waals surface area contributed by atoms with Crippen molar-refractivity contribution in [2.45, 2.75) is 25.0 Å². The molecule has 35 heavy (non-hydrogen) atoms. The highest BCUT2D eigenvalue weighted by Gasteiger charge is 2.74. The number of hydrogen-bond acceptors (Lipinski definition) is 5. The molecule has 1 spiro atoms. The van der Waals surface area contributed by atoms with Gasteiger partial charge in [-0.1, -0.05) is 67.1 Å². The molecule has 3 aromatic rings. The Labute approximate surface area is 206 Å². The molecule has 0 unspecified atom stereocenters. The fourth-order valence-electron chi connectivity index (χ4n) is 5.64. The highest BCUT2D eigenvalue weighted by Crippen LogP contribution is 2.57. The van der Waals surface area contributed by atoms with E-state index in [1.54, 1.807) is 60.7 Å². The molecular formula is C28H20ClNO5. The van der Waals surface area contributed by atoms with Gasteiger partial charge < -0.3 is 4.74 Å². The van der Waals surface area contributed by atoms with Gasteiger partial charge in [-0.05, 0) is 41.8 Å². The van der Waals surface area contributed by atoms with Crippen LogP contribution in [0.3, 0.4) is 0 Å². The van der Waals surface area contributed by atoms with Crippen LogP contribution >= 0.6 is 11.6 Å². The van der Waals surface area contributed by atoms with Crippen molar-refractivity contribution in [2.75, 3.05) is 4.90 Å². The SMILES string of the molecule is CCc1ccc(N2C(=O)[C@@H]3[C@@H](c4cccc(Cl)c4)OC4(C(=O)c5ccccc5C4=O)[C@@H]3C2=O)cc1. The summed E-state index contributed by atoms with van der Waals surface area (Å²) in [5.41, 5.74) is 0.308. The fraction of sp³-hybridized carbons (Fsp3) is 0.214. The van der Waals surface area contributed by atoms with Crippen LogP contribution < -0.4 is 4.90 Å². The lowest BCUT2D eigenvalue weighted by Gasteiger charge is -2.27. The molecule has 0 bridgehead atoms. The summed E-state index contributed by atoms with van der Waals surface area (Å²) >= 11 is 6.21. The van der Waals surface area contributed by atoms with Crippen molar-refractivity contribution in [1.29, 1.82) is 0 Å². The zero-order valence-corrected chi connectivity index (χ0v) is 19.5. The highest BCUT2D eigenvalue weighted by atomic mass is 35.5. The average molecular weight is 486 g/mol. The molecular weight excluding hydrogens is 466 g/mol. The van der Waals surface area contributed by atoms with E-state index in [1.165, 1.54) is 0 Å². The van der Waals surface area contributed by atoms with E-state index in [-0.39, 0.29) is 11.1 Å². The number of amides is 2. The van der Waals surface area contributed by atoms with Gasteiger partial charge >= 0.3 is 0 Å². The van der Waals surface area contributed by atoms with Gasteiger partial charge in [0.25, 0.3) is 0 Å². The maximum absolute atomic E-state index is 13.9. The number of Topliss-reactive ketones (excluding diaryl/α,β-unsaturated/α-hetero) is 2. The molecule has 2 heterocycles. The second kappa shape index (κ2) is 7.70. The molecule has 2 aliphatic heterocycles. The van der Waals surface area contributed by atoms with E-state index in [9.17, 15) is 19.2 Å². The Morgan fingerprint density at radius 1 is 0.857 bits per heavy atom. The van der Waals surface area contributed by atoms with Crippen molar-refractivity contribution in [1.82, 2.24) is 0 Å². The summed E-state index contributed by atoms with van der Waals surface area (Å²) in [4.78, 5) is 56.3. The summed E-state index contributed by atoms with van der Waals surface area (Å²) in [5.74, 6) is -4.60. The molecule has 1 aliphatic carbocycles. The van der Waals surface area contributed by atoms with Crippen molar-refractivity contribution in [3.8, 4) is 0 Å². The van der Waals surface area contributed by atoms with Gasteiger partial charge in [-0.25, -0.2) is 4.90 Å². The summed E-state index contributed by atoms with van der Waals surface area (Å²) in [6, 6.07) is 20.3. The van der Waals surface area contributed by atoms with Crippen molar-refractivity contribution >= 4 is 40.7 Å². The Kier molecular flexibility index (Phi) is 4.82. The number of ketones is 2. The van der Waals surface area contributed by atoms with Crippen molar-refractivity contribution in [2.24, 2.45) is 11.8 Å². The van der Waals surface area contributed by atoms with Crippen LogP contribution in [0.25, 0.3) is 0 Å². The minimum absolute atomic E-state index is 0.203. The van der Waals surface area contributed by atoms with E-state index in [2.05, 4.69) is 0 Å². The third-order valence-corrected chi connectivity index (χ3v) is 7.53. The third-order valence-electron chi connectivity index (χ3n) is 7.30. The first-order chi connectivity index (χ1) is 16.9. The molecule has 3 aromatic carbocycles. The van der Waals surface area contributed by atoms with E-state index in [1.807, 2.05) is 19.1 Å². The lowest BCUT2D eigenvalue weighted by atomic mass is 9.77. The number of fused-ring (bicyclic) bond motifs is 3. The van der Waals surface area contributed by atoms with E-state index in [0.717, 1.165) is 16.9 Å². The van der Waals surface area contributed by atoms with Crippen molar-refractivity contribution in [3.05, 3.63) is 100 Å². The molecule has 0 aromatic heterocycles. The number of carbonyl (C=O) groups excluding carboxylic acids is 4. The molecule has 7 heteroatoms. The molecule has 2 saturated heterocycles. The normalized spacial score (nSPS) is 24.4. The first kappa shape index (κ1) is 21.9. The van der Waals surface area contributed by atoms with Crippen LogP contribution in [0.1, 0.15) is 44.9 Å². The molecule has 6 nitrogen and oxygen atoms in total. The number of aryl methyl sites for hydroxylation is 1. The second-order valence-corrected chi connectivity index (χ2v) is 9.50. The molecule has 3 atom stereocenters. The molecule has 0 saturated carbocycles. The van der Waals surface area contributed by atoms with Gasteiger partial charge in [0, 0.05) is 16.1 Å². The number of anilines is 1. The Bertz CT molecular complexity index is 1390. The molecule has 174 valence electrons. The third kappa shape index (κ3) is 2.87. The van der Waals surface area contributed by atoms with Crippen molar-refractivity contribution < 1.29 is 23.9 Å². The van der Waals surface area contributed by atoms with Gasteiger partial charge in [-0.15, -0.1) is 0 Å². The standard InChI is InChI=1S/C28H20ClNO5/c1-2-15-10-12-18(13-11-15)30-26(33)21-22(27(30)34)28(35-23(21)16-6-5-7-17(29)14-16)24(31)19-8-3-4-9-20(19)25(28)32/h3-14,21-23H,2H2,1H3/t21-,22-,23+/m0/s1. The Morgan fingerprint density at radius 2 is 1.51 bits per heavy atom. The van der Waals surface area contributed by atoms with Gasteiger partial charge in [-0.2, -0.15) is 0 Å². The number of ether oxygens (including phenoxy) is 1. The number of halogens is 1. The summed E-state index contributed by atoms with van der Waals surface area (Å²) in [5, 5.41) is 0.416. The minimum Gasteiger partial charge on any atom is -0.349 e. The number of benzene rings is 3. The van der Waals surface area contributed by atoms with Crippen molar-refractivity contribution in [3.63, 3.8) is 0 Å². The first-order valence-electron chi connectivity index (χ1n) is 11.5. The smallest absolute Gasteiger partial charge is 0.241 e. The molecule has 6 rings (SSSR count). The van der Waals surface area contributed by atoms with Crippen LogP contribution in [-0.2, 0) is 20.7 Å². The number of carbonyl (C=O) groups is 4. The predicted molar refractivity (Wildman–Crippen MR) is 128 cm³/mol. The van der Waals surface area contributed by atoms with E-state index in [4.69, 9.17) is 16.3 Å². The Balaban J connectivity index is 1.53. The molecule has 2 amide bonds. The van der Waals surface area contributed by atoms with Gasteiger partial charge in [0.2, 0.25) is 29.0 Å². The van der Waals surface area contributed by atoms with Gasteiger partial charge in [-0.3, -0.25) is 19.2 Å². The molecule has 0 radical (unpaired) electrons. The van der Waals surface area contributed by atoms with Crippen LogP contribution in [0.5, 0.6) is 0 Å². The second-order valence-electron chi connectivity index (χ2n) is 9.07. The number of imide groups is 1. The minimum atomic E-state index is -2.09. The molecule has 0 N–H and O–H groups in total. The van der Waals surface area contributed by atoms with E-state index >= 15 is 0 Å². The highest BCUT2D eigenvalue weighted by molar-refractivity contribution is 6.37. The summed E-state index contributed by atoms with van der Waals surface area (Å²) in [6.45, 7) is 2.01. The summed E-state index contributed by atoms with van der Waals surface area (Å²) < 4.78 is 6.26. The fourth-order valence-corrected chi connectivity index (χ4v) is 5.84. The zero-order chi connectivity index (χ0) is 24.5. The quantitative estimate of drug-likeness (QED) is 0.400. The van der Waals surface area contributed by atoms with Crippen LogP contribution in [0.2, 0.25) is 5.02 Å². The van der Waals surface area contributed by atoms with Crippen LogP contribution in [0.4, 0.5) is 5.69 Å². The lowest BCUT2D eigenvalue weighted by molar-refractivity contribution is -0.127. The van der Waals surface area contributed by atoms with E-state index < -0.39 is 46.9 Å². The van der Waals surface area contributed by atoms with Crippen LogP contribution in [0.15, 0.2) is 72.8 Å². The Morgan fingerprint density at radius 3 is 2.11 bits per heavy atom. The summed E-state index contributed by atoms with van der Waals surface area (Å²) in [6.07, 6.45) is -0.181. The summed E-state index contributed by atoms with van der Waals surface area (Å²) in [7, 11) is 0. The first-order valence-corrected chi connectivity index (χ1v) is 11.8.